The number of amides is 2. The van der Waals surface area contributed by atoms with Crippen LogP contribution in [-0.4, -0.2) is 58.7 Å². The predicted octanol–water partition coefficient (Wildman–Crippen LogP) is 3.76. The van der Waals surface area contributed by atoms with E-state index in [9.17, 15) is 19.2 Å². The van der Waals surface area contributed by atoms with Gasteiger partial charge in [0.15, 0.2) is 5.78 Å². The van der Waals surface area contributed by atoms with E-state index < -0.39 is 23.5 Å². The third-order valence-electron chi connectivity index (χ3n) is 6.38. The van der Waals surface area contributed by atoms with Gasteiger partial charge in [0.1, 0.15) is 29.3 Å². The molecule has 1 aliphatic heterocycles. The fourth-order valence-electron chi connectivity index (χ4n) is 4.43. The number of thioether (sulfide) groups is 1. The van der Waals surface area contributed by atoms with E-state index in [2.05, 4.69) is 10.6 Å². The van der Waals surface area contributed by atoms with E-state index in [1.165, 1.54) is 23.9 Å². The second kappa shape index (κ2) is 12.9. The van der Waals surface area contributed by atoms with Crippen molar-refractivity contribution in [3.05, 3.63) is 82.4 Å². The number of Topliss-reactive ketones (excluding diaryl/α,β-unsaturated/α-hetero) is 1. The lowest BCUT2D eigenvalue weighted by Crippen LogP contribution is -2.61. The molecule has 2 amide bonds. The van der Waals surface area contributed by atoms with Crippen LogP contribution in [0.15, 0.2) is 70.9 Å². The summed E-state index contributed by atoms with van der Waals surface area (Å²) in [5, 5.41) is 15.7. The van der Waals surface area contributed by atoms with Crippen molar-refractivity contribution in [2.45, 2.75) is 42.7 Å². The summed E-state index contributed by atoms with van der Waals surface area (Å²) in [4.78, 5) is 48.7. The third kappa shape index (κ3) is 6.72. The van der Waals surface area contributed by atoms with Gasteiger partial charge in [-0.25, -0.2) is 4.79 Å². The standard InChI is InChI=1S/C22H24N2O5S.C5H4O2S/c25-18-12-29-19-7-4-9-22(18,19)24-21(27)17(23-20(26)16-8-10-28-11-16)14-30-13-15-5-2-1-3-6-15;6-5(7)4-2-1-3-8-4/h1-3,5-6,8,10-11,17,19H,4,7,9,12-14H2,(H,23,26)(H,24,27);1-3H,(H,6,7). The molecular formula is C27H28N2O7S2. The van der Waals surface area contributed by atoms with Crippen LogP contribution in [0.2, 0.25) is 0 Å². The number of furan rings is 1. The van der Waals surface area contributed by atoms with E-state index >= 15 is 0 Å². The number of carbonyl (C=O) groups excluding carboxylic acids is 3. The van der Waals surface area contributed by atoms with Crippen LogP contribution in [0.3, 0.4) is 0 Å². The van der Waals surface area contributed by atoms with Gasteiger partial charge < -0.3 is 24.9 Å². The van der Waals surface area contributed by atoms with E-state index in [0.29, 0.717) is 28.4 Å². The Bertz CT molecular complexity index is 1230. The number of hydrogen-bond donors (Lipinski definition) is 3. The summed E-state index contributed by atoms with van der Waals surface area (Å²) in [6.07, 6.45) is 4.61. The molecule has 0 radical (unpaired) electrons. The average Bonchev–Trinajstić information content (AvgIpc) is 3.72. The summed E-state index contributed by atoms with van der Waals surface area (Å²) in [6, 6.07) is 14.0. The molecule has 1 aromatic carbocycles. The van der Waals surface area contributed by atoms with Gasteiger partial charge in [-0.15, -0.1) is 11.3 Å². The van der Waals surface area contributed by atoms with Gasteiger partial charge in [0, 0.05) is 11.5 Å². The second-order valence-corrected chi connectivity index (χ2v) is 10.9. The molecule has 3 aromatic rings. The average molecular weight is 557 g/mol. The molecule has 1 saturated carbocycles. The Balaban J connectivity index is 0.000000360. The number of nitrogens with one attached hydrogen (secondary N) is 2. The molecule has 1 saturated heterocycles. The summed E-state index contributed by atoms with van der Waals surface area (Å²) in [7, 11) is 0. The molecule has 11 heteroatoms. The second-order valence-electron chi connectivity index (χ2n) is 8.90. The highest BCUT2D eigenvalue weighted by molar-refractivity contribution is 7.98. The predicted molar refractivity (Wildman–Crippen MR) is 143 cm³/mol. The van der Waals surface area contributed by atoms with Gasteiger partial charge in [-0.2, -0.15) is 11.8 Å². The number of aromatic carboxylic acids is 1. The lowest BCUT2D eigenvalue weighted by Gasteiger charge is -2.30. The molecule has 3 atom stereocenters. The van der Waals surface area contributed by atoms with Crippen LogP contribution in [0.5, 0.6) is 0 Å². The van der Waals surface area contributed by atoms with Crippen molar-refractivity contribution in [3.8, 4) is 0 Å². The van der Waals surface area contributed by atoms with E-state index in [-0.39, 0.29) is 24.4 Å². The van der Waals surface area contributed by atoms with E-state index in [1.807, 2.05) is 30.3 Å². The van der Waals surface area contributed by atoms with Crippen LogP contribution in [0.25, 0.3) is 0 Å². The molecule has 5 rings (SSSR count). The van der Waals surface area contributed by atoms with E-state index in [4.69, 9.17) is 14.3 Å². The minimum atomic E-state index is -0.959. The largest absolute Gasteiger partial charge is 0.477 e. The van der Waals surface area contributed by atoms with Gasteiger partial charge in [0.2, 0.25) is 5.91 Å². The molecule has 9 nitrogen and oxygen atoms in total. The molecule has 3 N–H and O–H groups in total. The molecule has 1 aliphatic carbocycles. The van der Waals surface area contributed by atoms with Crippen molar-refractivity contribution in [1.82, 2.24) is 10.6 Å². The molecule has 2 aromatic heterocycles. The van der Waals surface area contributed by atoms with Crippen LogP contribution in [0, 0.1) is 0 Å². The zero-order chi connectivity index (χ0) is 27.0. The maximum Gasteiger partial charge on any atom is 0.345 e. The SMILES string of the molecule is O=C(NC(CSCc1ccccc1)C(=O)NC12CCCC1OCC2=O)c1ccoc1.O=C(O)c1cccs1. The van der Waals surface area contributed by atoms with Crippen LogP contribution >= 0.6 is 23.1 Å². The number of ether oxygens (including phenoxy) is 1. The molecule has 3 unspecified atom stereocenters. The van der Waals surface area contributed by atoms with Gasteiger partial charge in [0.05, 0.1) is 17.9 Å². The van der Waals surface area contributed by atoms with Gasteiger partial charge in [-0.3, -0.25) is 14.4 Å². The molecule has 0 bridgehead atoms. The van der Waals surface area contributed by atoms with E-state index in [1.54, 1.807) is 35.3 Å². The van der Waals surface area contributed by atoms with Crippen molar-refractivity contribution in [2.24, 2.45) is 0 Å². The quantitative estimate of drug-likeness (QED) is 0.363. The number of fused-ring (bicyclic) bond motifs is 1. The summed E-state index contributed by atoms with van der Waals surface area (Å²) >= 11 is 2.78. The maximum absolute atomic E-state index is 13.2. The first-order valence-electron chi connectivity index (χ1n) is 12.1. The number of carboxylic acid groups (broad SMARTS) is 1. The highest BCUT2D eigenvalue weighted by Gasteiger charge is 2.55. The smallest absolute Gasteiger partial charge is 0.345 e. The number of benzene rings is 1. The first kappa shape index (κ1) is 27.6. The number of rotatable bonds is 9. The first-order chi connectivity index (χ1) is 18.4. The summed E-state index contributed by atoms with van der Waals surface area (Å²) < 4.78 is 10.5. The molecular weight excluding hydrogens is 528 g/mol. The van der Waals surface area contributed by atoms with Crippen molar-refractivity contribution in [3.63, 3.8) is 0 Å². The van der Waals surface area contributed by atoms with Crippen molar-refractivity contribution in [2.75, 3.05) is 12.4 Å². The van der Waals surface area contributed by atoms with Crippen LogP contribution in [0.4, 0.5) is 0 Å². The van der Waals surface area contributed by atoms with E-state index in [0.717, 1.165) is 18.4 Å². The molecule has 0 spiro atoms. The Morgan fingerprint density at radius 3 is 2.63 bits per heavy atom. The lowest BCUT2D eigenvalue weighted by atomic mass is 9.92. The number of thiophene rings is 1. The number of carbonyl (C=O) groups is 4. The van der Waals surface area contributed by atoms with Gasteiger partial charge >= 0.3 is 5.97 Å². The molecule has 2 fully saturated rings. The highest BCUT2D eigenvalue weighted by Crippen LogP contribution is 2.37. The lowest BCUT2D eigenvalue weighted by molar-refractivity contribution is -0.130. The molecule has 38 heavy (non-hydrogen) atoms. The Morgan fingerprint density at radius 2 is 1.97 bits per heavy atom. The Labute approximate surface area is 227 Å². The zero-order valence-corrected chi connectivity index (χ0v) is 22.1. The topological polar surface area (TPSA) is 135 Å². The third-order valence-corrected chi connectivity index (χ3v) is 8.34. The minimum absolute atomic E-state index is 0.0275. The first-order valence-corrected chi connectivity index (χ1v) is 14.1. The fraction of sp³-hybridized carbons (Fsp3) is 0.333. The number of hydrogen-bond acceptors (Lipinski definition) is 8. The minimum Gasteiger partial charge on any atom is -0.477 e. The van der Waals surface area contributed by atoms with Crippen LogP contribution in [0.1, 0.15) is 44.9 Å². The Kier molecular flexibility index (Phi) is 9.38. The van der Waals surface area contributed by atoms with Gasteiger partial charge in [-0.1, -0.05) is 36.4 Å². The van der Waals surface area contributed by atoms with Crippen molar-refractivity contribution >= 4 is 46.7 Å². The molecule has 2 aliphatic rings. The van der Waals surface area contributed by atoms with Gasteiger partial charge in [0.25, 0.3) is 5.91 Å². The molecule has 3 heterocycles. The Morgan fingerprint density at radius 1 is 1.16 bits per heavy atom. The normalized spacial score (nSPS) is 20.6. The zero-order valence-electron chi connectivity index (χ0n) is 20.5. The monoisotopic (exact) mass is 556 g/mol. The number of carboxylic acids is 1. The van der Waals surface area contributed by atoms with Crippen molar-refractivity contribution < 1.29 is 33.4 Å². The number of ketones is 1. The maximum atomic E-state index is 13.2. The Hall–Kier alpha value is -3.41. The van der Waals surface area contributed by atoms with Gasteiger partial charge in [-0.05, 0) is 42.3 Å². The van der Waals surface area contributed by atoms with Crippen molar-refractivity contribution in [1.29, 1.82) is 0 Å². The summed E-state index contributed by atoms with van der Waals surface area (Å²) in [6.45, 7) is 0.0275. The molecule has 200 valence electrons. The van der Waals surface area contributed by atoms with Crippen LogP contribution in [-0.2, 0) is 20.1 Å². The highest BCUT2D eigenvalue weighted by atomic mass is 32.2. The summed E-state index contributed by atoms with van der Waals surface area (Å²) in [5.74, 6) is -0.602. The van der Waals surface area contributed by atoms with Crippen LogP contribution < -0.4 is 10.6 Å². The summed E-state index contributed by atoms with van der Waals surface area (Å²) in [5.41, 5.74) is 0.523. The fourth-order valence-corrected chi connectivity index (χ4v) is 6.01.